The van der Waals surface area contributed by atoms with Crippen molar-refractivity contribution in [1.82, 2.24) is 9.55 Å². The lowest BCUT2D eigenvalue weighted by atomic mass is 10.2. The van der Waals surface area contributed by atoms with E-state index in [2.05, 4.69) is 4.98 Å². The summed E-state index contributed by atoms with van der Waals surface area (Å²) in [5.74, 6) is -1.15. The van der Waals surface area contributed by atoms with Gasteiger partial charge in [-0.3, -0.25) is 0 Å². The quantitative estimate of drug-likeness (QED) is 0.729. The van der Waals surface area contributed by atoms with E-state index in [4.69, 9.17) is 0 Å². The van der Waals surface area contributed by atoms with Gasteiger partial charge in [0.05, 0.1) is 11.0 Å². The van der Waals surface area contributed by atoms with Crippen molar-refractivity contribution in [3.05, 3.63) is 48.0 Å². The van der Waals surface area contributed by atoms with Gasteiger partial charge in [-0.05, 0) is 30.3 Å². The maximum absolute atomic E-state index is 13.3. The summed E-state index contributed by atoms with van der Waals surface area (Å²) in [6.45, 7) is 0. The first-order valence-electron chi connectivity index (χ1n) is 5.67. The molecule has 19 heavy (non-hydrogen) atoms. The van der Waals surface area contributed by atoms with Crippen LogP contribution in [-0.4, -0.2) is 14.7 Å². The number of fused-ring (bicyclic) bond motifs is 1. The van der Waals surface area contributed by atoms with Gasteiger partial charge in [0, 0.05) is 18.7 Å². The summed E-state index contributed by atoms with van der Waals surface area (Å²) < 4.78 is 27.9. The summed E-state index contributed by atoms with van der Waals surface area (Å²) in [6, 6.07) is 8.43. The molecule has 3 rings (SSSR count). The van der Waals surface area contributed by atoms with E-state index in [1.807, 2.05) is 0 Å². The van der Waals surface area contributed by atoms with Crippen LogP contribution < -0.4 is 0 Å². The van der Waals surface area contributed by atoms with Crippen molar-refractivity contribution >= 4 is 11.0 Å². The first-order valence-corrected chi connectivity index (χ1v) is 5.67. The van der Waals surface area contributed by atoms with Crippen LogP contribution in [0, 0.1) is 11.6 Å². The van der Waals surface area contributed by atoms with E-state index in [1.165, 1.54) is 12.1 Å². The molecule has 0 fully saturated rings. The molecule has 1 heterocycles. The highest BCUT2D eigenvalue weighted by atomic mass is 19.2. The Labute approximate surface area is 107 Å². The molecule has 1 aromatic heterocycles. The zero-order valence-corrected chi connectivity index (χ0v) is 10.1. The SMILES string of the molecule is Cn1c(-c2ccc(F)c(F)c2)nc2ccc(O)cc21. The number of halogens is 2. The molecule has 0 unspecified atom stereocenters. The molecule has 0 atom stereocenters. The number of rotatable bonds is 1. The molecule has 0 saturated carbocycles. The second-order valence-corrected chi connectivity index (χ2v) is 4.30. The Hall–Kier alpha value is -2.43. The number of hydrogen-bond acceptors (Lipinski definition) is 2. The summed E-state index contributed by atoms with van der Waals surface area (Å²) in [4.78, 5) is 4.36. The average molecular weight is 260 g/mol. The fourth-order valence-electron chi connectivity index (χ4n) is 2.07. The summed E-state index contributed by atoms with van der Waals surface area (Å²) in [7, 11) is 1.76. The highest BCUT2D eigenvalue weighted by Crippen LogP contribution is 2.26. The summed E-state index contributed by atoms with van der Waals surface area (Å²) >= 11 is 0. The molecule has 2 aromatic carbocycles. The molecule has 0 radical (unpaired) electrons. The smallest absolute Gasteiger partial charge is 0.159 e. The maximum Gasteiger partial charge on any atom is 0.159 e. The Kier molecular flexibility index (Phi) is 2.48. The Morgan fingerprint density at radius 3 is 2.58 bits per heavy atom. The molecule has 0 amide bonds. The predicted octanol–water partition coefficient (Wildman–Crippen LogP) is 3.22. The Balaban J connectivity index is 2.24. The summed E-state index contributed by atoms with van der Waals surface area (Å²) in [5.41, 5.74) is 1.89. The minimum Gasteiger partial charge on any atom is -0.508 e. The fourth-order valence-corrected chi connectivity index (χ4v) is 2.07. The second kappa shape index (κ2) is 4.05. The van der Waals surface area contributed by atoms with Gasteiger partial charge in [-0.15, -0.1) is 0 Å². The maximum atomic E-state index is 13.3. The van der Waals surface area contributed by atoms with Crippen LogP contribution in [0.3, 0.4) is 0 Å². The third-order valence-corrected chi connectivity index (χ3v) is 3.04. The van der Waals surface area contributed by atoms with Crippen LogP contribution in [0.5, 0.6) is 5.75 Å². The Bertz CT molecular complexity index is 780. The number of aryl methyl sites for hydroxylation is 1. The largest absolute Gasteiger partial charge is 0.508 e. The van der Waals surface area contributed by atoms with Gasteiger partial charge in [0.15, 0.2) is 11.6 Å². The highest BCUT2D eigenvalue weighted by Gasteiger charge is 2.12. The third-order valence-electron chi connectivity index (χ3n) is 3.04. The molecule has 0 aliphatic carbocycles. The number of nitrogens with zero attached hydrogens (tertiary/aromatic N) is 2. The van der Waals surface area contributed by atoms with Crippen molar-refractivity contribution in [1.29, 1.82) is 0 Å². The highest BCUT2D eigenvalue weighted by molar-refractivity contribution is 5.81. The molecule has 3 aromatic rings. The normalized spacial score (nSPS) is 11.1. The van der Waals surface area contributed by atoms with Gasteiger partial charge < -0.3 is 9.67 Å². The van der Waals surface area contributed by atoms with Crippen molar-refractivity contribution in [3.63, 3.8) is 0 Å². The molecular formula is C14H10F2N2O. The number of hydrogen-bond donors (Lipinski definition) is 1. The zero-order valence-electron chi connectivity index (χ0n) is 10.1. The van der Waals surface area contributed by atoms with E-state index in [9.17, 15) is 13.9 Å². The molecule has 0 aliphatic heterocycles. The first-order chi connectivity index (χ1) is 9.06. The van der Waals surface area contributed by atoms with Crippen LogP contribution in [0.25, 0.3) is 22.4 Å². The van der Waals surface area contributed by atoms with Gasteiger partial charge in [0.1, 0.15) is 11.6 Å². The zero-order chi connectivity index (χ0) is 13.6. The van der Waals surface area contributed by atoms with E-state index in [0.29, 0.717) is 16.9 Å². The van der Waals surface area contributed by atoms with E-state index in [0.717, 1.165) is 17.6 Å². The van der Waals surface area contributed by atoms with E-state index in [1.54, 1.807) is 23.7 Å². The van der Waals surface area contributed by atoms with Crippen LogP contribution in [0.1, 0.15) is 0 Å². The number of phenolic OH excluding ortho intramolecular Hbond substituents is 1. The van der Waals surface area contributed by atoms with E-state index in [-0.39, 0.29) is 5.75 Å². The van der Waals surface area contributed by atoms with Gasteiger partial charge in [0.25, 0.3) is 0 Å². The van der Waals surface area contributed by atoms with Gasteiger partial charge in [-0.1, -0.05) is 0 Å². The number of imidazole rings is 1. The molecular weight excluding hydrogens is 250 g/mol. The first kappa shape index (κ1) is 11.6. The van der Waals surface area contributed by atoms with Crippen molar-refractivity contribution in [2.75, 3.05) is 0 Å². The average Bonchev–Trinajstić information content (AvgIpc) is 2.70. The van der Waals surface area contributed by atoms with Crippen molar-refractivity contribution in [2.45, 2.75) is 0 Å². The van der Waals surface area contributed by atoms with Crippen molar-refractivity contribution in [3.8, 4) is 17.1 Å². The molecule has 0 spiro atoms. The van der Waals surface area contributed by atoms with Gasteiger partial charge >= 0.3 is 0 Å². The number of phenols is 1. The monoisotopic (exact) mass is 260 g/mol. The minimum absolute atomic E-state index is 0.132. The van der Waals surface area contributed by atoms with Crippen molar-refractivity contribution in [2.24, 2.45) is 7.05 Å². The van der Waals surface area contributed by atoms with Crippen LogP contribution >= 0.6 is 0 Å². The second-order valence-electron chi connectivity index (χ2n) is 4.30. The molecule has 5 heteroatoms. The number of benzene rings is 2. The van der Waals surface area contributed by atoms with Gasteiger partial charge in [0.2, 0.25) is 0 Å². The van der Waals surface area contributed by atoms with Crippen molar-refractivity contribution < 1.29 is 13.9 Å². The minimum atomic E-state index is -0.910. The molecule has 0 aliphatic rings. The van der Waals surface area contributed by atoms with Crippen LogP contribution in [-0.2, 0) is 7.05 Å². The van der Waals surface area contributed by atoms with Crippen LogP contribution in [0.15, 0.2) is 36.4 Å². The topological polar surface area (TPSA) is 38.0 Å². The molecule has 1 N–H and O–H groups in total. The lowest BCUT2D eigenvalue weighted by Gasteiger charge is -2.03. The fraction of sp³-hybridized carbons (Fsp3) is 0.0714. The van der Waals surface area contributed by atoms with Gasteiger partial charge in [-0.2, -0.15) is 0 Å². The Morgan fingerprint density at radius 2 is 1.84 bits per heavy atom. The summed E-state index contributed by atoms with van der Waals surface area (Å²) in [5, 5.41) is 9.46. The Morgan fingerprint density at radius 1 is 1.05 bits per heavy atom. The van der Waals surface area contributed by atoms with Crippen LogP contribution in [0.4, 0.5) is 8.78 Å². The lowest BCUT2D eigenvalue weighted by Crippen LogP contribution is -1.94. The van der Waals surface area contributed by atoms with Crippen LogP contribution in [0.2, 0.25) is 0 Å². The molecule has 0 bridgehead atoms. The standard InChI is InChI=1S/C14H10F2N2O/c1-18-13-7-9(19)3-5-12(13)17-14(18)8-2-4-10(15)11(16)6-8/h2-7,19H,1H3. The number of aromatic nitrogens is 2. The lowest BCUT2D eigenvalue weighted by molar-refractivity contribution is 0.476. The van der Waals surface area contributed by atoms with Gasteiger partial charge in [-0.25, -0.2) is 13.8 Å². The summed E-state index contributed by atoms with van der Waals surface area (Å²) in [6.07, 6.45) is 0. The number of aromatic hydroxyl groups is 1. The van der Waals surface area contributed by atoms with E-state index < -0.39 is 11.6 Å². The van der Waals surface area contributed by atoms with E-state index >= 15 is 0 Å². The molecule has 96 valence electrons. The third kappa shape index (κ3) is 1.83. The predicted molar refractivity (Wildman–Crippen MR) is 67.7 cm³/mol. The molecule has 0 saturated heterocycles. The molecule has 3 nitrogen and oxygen atoms in total.